The molecule has 0 radical (unpaired) electrons. The molecular weight excluding hydrogens is 244 g/mol. The number of benzene rings is 1. The smallest absolute Gasteiger partial charge is 0.255 e. The molecule has 100 valence electrons. The Balaban J connectivity index is 1.99. The van der Waals surface area contributed by atoms with Gasteiger partial charge in [-0.2, -0.15) is 0 Å². The number of amides is 1. The maximum absolute atomic E-state index is 11.9. The van der Waals surface area contributed by atoms with Gasteiger partial charge in [-0.15, -0.1) is 0 Å². The van der Waals surface area contributed by atoms with E-state index in [1.54, 1.807) is 12.1 Å². The Morgan fingerprint density at radius 1 is 1.47 bits per heavy atom. The quantitative estimate of drug-likeness (QED) is 0.753. The van der Waals surface area contributed by atoms with Gasteiger partial charge in [0.15, 0.2) is 6.10 Å². The summed E-state index contributed by atoms with van der Waals surface area (Å²) < 4.78 is 10.5. The lowest BCUT2D eigenvalue weighted by Gasteiger charge is -2.22. The Morgan fingerprint density at radius 3 is 3.11 bits per heavy atom. The molecular formula is C14H16N2O3. The van der Waals surface area contributed by atoms with Gasteiger partial charge in [0.1, 0.15) is 0 Å². The molecule has 1 aliphatic rings. The van der Waals surface area contributed by atoms with Gasteiger partial charge in [0.2, 0.25) is 0 Å². The minimum atomic E-state index is -0.549. The molecule has 19 heavy (non-hydrogen) atoms. The second-order valence-corrected chi connectivity index (χ2v) is 4.01. The first-order chi connectivity index (χ1) is 9.29. The number of hydrogen-bond donors (Lipinski definition) is 2. The van der Waals surface area contributed by atoms with E-state index in [2.05, 4.69) is 17.2 Å². The van der Waals surface area contributed by atoms with E-state index in [4.69, 9.17) is 15.2 Å². The highest BCUT2D eigenvalue weighted by molar-refractivity contribution is 5.94. The second-order valence-electron chi connectivity index (χ2n) is 4.01. The van der Waals surface area contributed by atoms with Crippen LogP contribution >= 0.6 is 0 Å². The Kier molecular flexibility index (Phi) is 4.93. The molecule has 2 rings (SSSR count). The number of carbonyl (C=O) groups is 1. The number of anilines is 1. The van der Waals surface area contributed by atoms with Crippen molar-refractivity contribution in [3.8, 4) is 11.8 Å². The van der Waals surface area contributed by atoms with Crippen molar-refractivity contribution in [2.24, 2.45) is 5.73 Å². The lowest BCUT2D eigenvalue weighted by molar-refractivity contribution is -0.142. The summed E-state index contributed by atoms with van der Waals surface area (Å²) in [5.74, 6) is 5.48. The van der Waals surface area contributed by atoms with E-state index in [1.807, 2.05) is 12.1 Å². The van der Waals surface area contributed by atoms with Gasteiger partial charge in [0, 0.05) is 11.3 Å². The molecule has 0 aliphatic carbocycles. The van der Waals surface area contributed by atoms with Gasteiger partial charge in [0.05, 0.1) is 26.4 Å². The van der Waals surface area contributed by atoms with Gasteiger partial charge in [-0.3, -0.25) is 4.79 Å². The van der Waals surface area contributed by atoms with E-state index >= 15 is 0 Å². The summed E-state index contributed by atoms with van der Waals surface area (Å²) in [6, 6.07) is 7.28. The average Bonchev–Trinajstić information content (AvgIpc) is 2.46. The number of hydrogen-bond acceptors (Lipinski definition) is 4. The fourth-order valence-corrected chi connectivity index (χ4v) is 1.69. The predicted molar refractivity (Wildman–Crippen MR) is 71.6 cm³/mol. The van der Waals surface area contributed by atoms with Crippen LogP contribution in [-0.4, -0.2) is 38.4 Å². The van der Waals surface area contributed by atoms with Gasteiger partial charge in [0.25, 0.3) is 5.91 Å². The third-order valence-electron chi connectivity index (χ3n) is 2.57. The van der Waals surface area contributed by atoms with Crippen molar-refractivity contribution in [2.75, 3.05) is 31.7 Å². The topological polar surface area (TPSA) is 73.6 Å². The molecule has 1 amide bonds. The van der Waals surface area contributed by atoms with Crippen molar-refractivity contribution < 1.29 is 14.3 Å². The van der Waals surface area contributed by atoms with Crippen molar-refractivity contribution in [3.05, 3.63) is 29.8 Å². The number of carbonyl (C=O) groups excluding carboxylic acids is 1. The number of rotatable bonds is 2. The normalized spacial score (nSPS) is 18.3. The summed E-state index contributed by atoms with van der Waals surface area (Å²) >= 11 is 0. The molecule has 1 aromatic rings. The van der Waals surface area contributed by atoms with Crippen LogP contribution in [0.1, 0.15) is 5.56 Å². The van der Waals surface area contributed by atoms with Crippen LogP contribution in [0.25, 0.3) is 0 Å². The molecule has 5 heteroatoms. The first-order valence-electron chi connectivity index (χ1n) is 6.09. The van der Waals surface area contributed by atoms with Gasteiger partial charge < -0.3 is 20.5 Å². The first-order valence-corrected chi connectivity index (χ1v) is 6.09. The number of nitrogens with two attached hydrogens (primary N) is 1. The molecule has 0 aromatic heterocycles. The lowest BCUT2D eigenvalue weighted by Crippen LogP contribution is -2.39. The molecule has 1 aliphatic heterocycles. The molecule has 0 spiro atoms. The fourth-order valence-electron chi connectivity index (χ4n) is 1.69. The van der Waals surface area contributed by atoms with Crippen molar-refractivity contribution in [1.29, 1.82) is 0 Å². The lowest BCUT2D eigenvalue weighted by atomic mass is 10.2. The highest BCUT2D eigenvalue weighted by atomic mass is 16.6. The molecule has 1 aromatic carbocycles. The first kappa shape index (κ1) is 13.6. The van der Waals surface area contributed by atoms with Gasteiger partial charge >= 0.3 is 0 Å². The van der Waals surface area contributed by atoms with Crippen LogP contribution in [0.15, 0.2) is 24.3 Å². The Morgan fingerprint density at radius 2 is 2.37 bits per heavy atom. The van der Waals surface area contributed by atoms with E-state index < -0.39 is 6.10 Å². The van der Waals surface area contributed by atoms with Gasteiger partial charge in [-0.25, -0.2) is 0 Å². The highest BCUT2D eigenvalue weighted by Crippen LogP contribution is 2.11. The van der Waals surface area contributed by atoms with E-state index in [1.165, 1.54) is 0 Å². The number of ether oxygens (including phenoxy) is 2. The van der Waals surface area contributed by atoms with Crippen molar-refractivity contribution in [3.63, 3.8) is 0 Å². The Bertz CT molecular complexity index is 499. The maximum Gasteiger partial charge on any atom is 0.255 e. The molecule has 3 N–H and O–H groups in total. The van der Waals surface area contributed by atoms with Crippen LogP contribution in [-0.2, 0) is 14.3 Å². The van der Waals surface area contributed by atoms with Crippen LogP contribution in [0.5, 0.6) is 0 Å². The highest BCUT2D eigenvalue weighted by Gasteiger charge is 2.22. The standard InChI is InChI=1S/C14H16N2O3/c15-6-2-4-11-3-1-5-12(9-11)16-14(17)13-10-18-7-8-19-13/h1,3,5,9,13H,6-8,10,15H2,(H,16,17). The van der Waals surface area contributed by atoms with Crippen LogP contribution < -0.4 is 11.1 Å². The van der Waals surface area contributed by atoms with Crippen LogP contribution in [0, 0.1) is 11.8 Å². The minimum Gasteiger partial charge on any atom is -0.376 e. The predicted octanol–water partition coefficient (Wildman–Crippen LogP) is 0.351. The average molecular weight is 260 g/mol. The number of nitrogens with one attached hydrogen (secondary N) is 1. The Hall–Kier alpha value is -1.87. The summed E-state index contributed by atoms with van der Waals surface area (Å²) in [7, 11) is 0. The minimum absolute atomic E-state index is 0.205. The fraction of sp³-hybridized carbons (Fsp3) is 0.357. The van der Waals surface area contributed by atoms with E-state index in [0.29, 0.717) is 32.1 Å². The molecule has 0 saturated carbocycles. The van der Waals surface area contributed by atoms with Gasteiger partial charge in [-0.05, 0) is 18.2 Å². The Labute approximate surface area is 112 Å². The van der Waals surface area contributed by atoms with Crippen molar-refractivity contribution in [2.45, 2.75) is 6.10 Å². The van der Waals surface area contributed by atoms with Crippen LogP contribution in [0.4, 0.5) is 5.69 Å². The molecule has 0 bridgehead atoms. The molecule has 1 unspecified atom stereocenters. The summed E-state index contributed by atoms with van der Waals surface area (Å²) in [5.41, 5.74) is 6.81. The largest absolute Gasteiger partial charge is 0.376 e. The van der Waals surface area contributed by atoms with E-state index in [9.17, 15) is 4.79 Å². The third kappa shape index (κ3) is 4.07. The zero-order valence-corrected chi connectivity index (χ0v) is 10.5. The second kappa shape index (κ2) is 6.90. The molecule has 1 atom stereocenters. The van der Waals surface area contributed by atoms with Crippen LogP contribution in [0.2, 0.25) is 0 Å². The maximum atomic E-state index is 11.9. The van der Waals surface area contributed by atoms with Gasteiger partial charge in [-0.1, -0.05) is 17.9 Å². The van der Waals surface area contributed by atoms with E-state index in [0.717, 1.165) is 5.56 Å². The zero-order valence-electron chi connectivity index (χ0n) is 10.5. The zero-order chi connectivity index (χ0) is 13.5. The molecule has 1 fully saturated rings. The summed E-state index contributed by atoms with van der Waals surface area (Å²) in [6.45, 7) is 1.58. The molecule has 1 saturated heterocycles. The molecule has 1 heterocycles. The van der Waals surface area contributed by atoms with E-state index in [-0.39, 0.29) is 5.91 Å². The third-order valence-corrected chi connectivity index (χ3v) is 2.57. The summed E-state index contributed by atoms with van der Waals surface area (Å²) in [5, 5.41) is 2.79. The SMILES string of the molecule is NCC#Cc1cccc(NC(=O)C2COCCO2)c1. The van der Waals surface area contributed by atoms with Crippen LogP contribution in [0.3, 0.4) is 0 Å². The summed E-state index contributed by atoms with van der Waals surface area (Å²) in [4.78, 5) is 11.9. The monoisotopic (exact) mass is 260 g/mol. The summed E-state index contributed by atoms with van der Waals surface area (Å²) in [6.07, 6.45) is -0.549. The molecule has 5 nitrogen and oxygen atoms in total. The van der Waals surface area contributed by atoms with Crippen molar-refractivity contribution >= 4 is 11.6 Å². The van der Waals surface area contributed by atoms with Crippen molar-refractivity contribution in [1.82, 2.24) is 0 Å².